The lowest BCUT2D eigenvalue weighted by atomic mass is 10.1. The van der Waals surface area contributed by atoms with Crippen molar-refractivity contribution in [3.05, 3.63) is 71.8 Å². The van der Waals surface area contributed by atoms with Gasteiger partial charge in [0.15, 0.2) is 0 Å². The van der Waals surface area contributed by atoms with Gasteiger partial charge in [0.05, 0.1) is 12.4 Å². The number of nitrogens with zero attached hydrogens (tertiary/aromatic N) is 1. The number of fused-ring (bicyclic) bond motifs is 2. The van der Waals surface area contributed by atoms with Crippen molar-refractivity contribution in [1.82, 2.24) is 4.90 Å². The molecule has 0 spiro atoms. The van der Waals surface area contributed by atoms with E-state index < -0.39 is 0 Å². The Morgan fingerprint density at radius 1 is 1.12 bits per heavy atom. The Labute approximate surface area is 158 Å². The van der Waals surface area contributed by atoms with Crippen LogP contribution in [0.5, 0.6) is 5.75 Å². The summed E-state index contributed by atoms with van der Waals surface area (Å²) in [5, 5.41) is 2.29. The number of rotatable bonds is 4. The van der Waals surface area contributed by atoms with Crippen LogP contribution in [0.15, 0.2) is 65.6 Å². The van der Waals surface area contributed by atoms with Crippen LogP contribution in [-0.2, 0) is 17.8 Å². The van der Waals surface area contributed by atoms with E-state index in [1.165, 1.54) is 10.5 Å². The number of ether oxygens (including phenoxy) is 1. The first kappa shape index (κ1) is 17.0. The molecule has 0 aromatic heterocycles. The van der Waals surface area contributed by atoms with Crippen LogP contribution in [0.1, 0.15) is 11.1 Å². The van der Waals surface area contributed by atoms with Gasteiger partial charge in [-0.1, -0.05) is 36.4 Å². The first-order valence-electron chi connectivity index (χ1n) is 8.70. The molecule has 1 amide bonds. The van der Waals surface area contributed by atoms with Crippen LogP contribution in [0.2, 0.25) is 0 Å². The zero-order chi connectivity index (χ0) is 18.1. The third-order valence-electron chi connectivity index (χ3n) is 4.83. The van der Waals surface area contributed by atoms with Crippen molar-refractivity contribution in [3.8, 4) is 5.75 Å². The van der Waals surface area contributed by atoms with Crippen molar-refractivity contribution in [2.45, 2.75) is 23.1 Å². The minimum Gasteiger partial charge on any atom is -0.497 e. The van der Waals surface area contributed by atoms with E-state index in [0.29, 0.717) is 6.54 Å². The lowest BCUT2D eigenvalue weighted by Crippen LogP contribution is -2.34. The van der Waals surface area contributed by atoms with Crippen molar-refractivity contribution in [2.75, 3.05) is 14.2 Å². The van der Waals surface area contributed by atoms with Gasteiger partial charge >= 0.3 is 0 Å². The number of carbonyl (C=O) groups is 1. The molecule has 3 aromatic carbocycles. The molecule has 0 bridgehead atoms. The topological polar surface area (TPSA) is 29.5 Å². The van der Waals surface area contributed by atoms with Crippen LogP contribution < -0.4 is 4.74 Å². The number of carbonyl (C=O) groups excluding carboxylic acids is 1. The van der Waals surface area contributed by atoms with Crippen molar-refractivity contribution in [3.63, 3.8) is 0 Å². The zero-order valence-electron chi connectivity index (χ0n) is 14.9. The van der Waals surface area contributed by atoms with Crippen LogP contribution in [0.25, 0.3) is 10.8 Å². The normalized spacial score (nSPS) is 15.7. The summed E-state index contributed by atoms with van der Waals surface area (Å²) >= 11 is 1.68. The Morgan fingerprint density at radius 3 is 2.69 bits per heavy atom. The van der Waals surface area contributed by atoms with E-state index in [2.05, 4.69) is 36.4 Å². The molecule has 0 N–H and O–H groups in total. The zero-order valence-corrected chi connectivity index (χ0v) is 15.8. The van der Waals surface area contributed by atoms with E-state index in [1.807, 2.05) is 36.2 Å². The molecule has 3 nitrogen and oxygen atoms in total. The molecule has 0 aliphatic carbocycles. The third-order valence-corrected chi connectivity index (χ3v) is 6.14. The van der Waals surface area contributed by atoms with Gasteiger partial charge < -0.3 is 9.64 Å². The van der Waals surface area contributed by atoms with E-state index in [-0.39, 0.29) is 11.2 Å². The molecule has 1 atom stereocenters. The van der Waals surface area contributed by atoms with Crippen LogP contribution in [-0.4, -0.2) is 30.2 Å². The Kier molecular flexibility index (Phi) is 4.60. The monoisotopic (exact) mass is 363 g/mol. The third kappa shape index (κ3) is 3.29. The van der Waals surface area contributed by atoms with Crippen molar-refractivity contribution < 1.29 is 9.53 Å². The molecule has 4 heteroatoms. The molecule has 0 unspecified atom stereocenters. The van der Waals surface area contributed by atoms with Gasteiger partial charge in [-0.3, -0.25) is 4.79 Å². The lowest BCUT2D eigenvalue weighted by Gasteiger charge is -2.21. The fraction of sp³-hybridized carbons (Fsp3) is 0.227. The van der Waals surface area contributed by atoms with Gasteiger partial charge in [0, 0.05) is 18.5 Å². The number of thioether (sulfide) groups is 1. The molecule has 1 aliphatic heterocycles. The van der Waals surface area contributed by atoms with Gasteiger partial charge in [0.2, 0.25) is 5.91 Å². The molecule has 1 aliphatic rings. The highest BCUT2D eigenvalue weighted by Gasteiger charge is 2.30. The standard InChI is InChI=1S/C22H21NO2S/c1-23(22(24)21-13-18-5-3-4-6-20(18)26-21)14-15-7-8-17-12-19(25-2)10-9-16(17)11-15/h3-12,21H,13-14H2,1-2H3/t21-/m1/s1. The molecule has 1 heterocycles. The molecule has 26 heavy (non-hydrogen) atoms. The van der Waals surface area contributed by atoms with Gasteiger partial charge in [-0.15, -0.1) is 11.8 Å². The number of hydrogen-bond acceptors (Lipinski definition) is 3. The first-order chi connectivity index (χ1) is 12.6. The number of benzene rings is 3. The first-order valence-corrected chi connectivity index (χ1v) is 9.58. The fourth-order valence-corrected chi connectivity index (χ4v) is 4.73. The van der Waals surface area contributed by atoms with Crippen LogP contribution in [0, 0.1) is 0 Å². The van der Waals surface area contributed by atoms with E-state index >= 15 is 0 Å². The van der Waals surface area contributed by atoms with Crippen LogP contribution in [0.4, 0.5) is 0 Å². The Balaban J connectivity index is 1.47. The summed E-state index contributed by atoms with van der Waals surface area (Å²) < 4.78 is 5.28. The van der Waals surface area contributed by atoms with E-state index in [1.54, 1.807) is 18.9 Å². The van der Waals surface area contributed by atoms with E-state index in [0.717, 1.165) is 28.5 Å². The number of hydrogen-bond donors (Lipinski definition) is 0. The molecule has 0 saturated carbocycles. The minimum absolute atomic E-state index is 0.0119. The second-order valence-corrected chi connectivity index (χ2v) is 7.90. The van der Waals surface area contributed by atoms with Crippen LogP contribution >= 0.6 is 11.8 Å². The smallest absolute Gasteiger partial charge is 0.236 e. The molecular weight excluding hydrogens is 342 g/mol. The summed E-state index contributed by atoms with van der Waals surface area (Å²) in [5.74, 6) is 1.05. The molecule has 4 rings (SSSR count). The summed E-state index contributed by atoms with van der Waals surface area (Å²) in [4.78, 5) is 15.9. The molecular formula is C22H21NO2S. The maximum absolute atomic E-state index is 12.9. The molecule has 0 radical (unpaired) electrons. The maximum Gasteiger partial charge on any atom is 0.236 e. The van der Waals surface area contributed by atoms with Crippen molar-refractivity contribution in [1.29, 1.82) is 0 Å². The summed E-state index contributed by atoms with van der Waals surface area (Å²) in [7, 11) is 3.57. The van der Waals surface area contributed by atoms with Crippen LogP contribution in [0.3, 0.4) is 0 Å². The maximum atomic E-state index is 12.9. The Bertz CT molecular complexity index is 944. The molecule has 0 saturated heterocycles. The van der Waals surface area contributed by atoms with E-state index in [9.17, 15) is 4.79 Å². The minimum atomic E-state index is -0.0119. The van der Waals surface area contributed by atoms with Crippen molar-refractivity contribution in [2.24, 2.45) is 0 Å². The van der Waals surface area contributed by atoms with Gasteiger partial charge in [0.25, 0.3) is 0 Å². The number of methoxy groups -OCH3 is 1. The fourth-order valence-electron chi connectivity index (χ4n) is 3.42. The highest BCUT2D eigenvalue weighted by Crippen LogP contribution is 2.37. The highest BCUT2D eigenvalue weighted by molar-refractivity contribution is 8.01. The second kappa shape index (κ2) is 7.04. The quantitative estimate of drug-likeness (QED) is 0.682. The highest BCUT2D eigenvalue weighted by atomic mass is 32.2. The summed E-state index contributed by atoms with van der Waals surface area (Å²) in [6.45, 7) is 0.619. The molecule has 132 valence electrons. The summed E-state index contributed by atoms with van der Waals surface area (Å²) in [6, 6.07) is 20.7. The lowest BCUT2D eigenvalue weighted by molar-refractivity contribution is -0.129. The van der Waals surface area contributed by atoms with Gasteiger partial charge in [-0.05, 0) is 52.6 Å². The van der Waals surface area contributed by atoms with Gasteiger partial charge in [-0.2, -0.15) is 0 Å². The van der Waals surface area contributed by atoms with Gasteiger partial charge in [-0.25, -0.2) is 0 Å². The number of amides is 1. The molecule has 0 fully saturated rings. The predicted octanol–water partition coefficient (Wildman–Crippen LogP) is 4.52. The van der Waals surface area contributed by atoms with E-state index in [4.69, 9.17) is 4.74 Å². The SMILES string of the molecule is COc1ccc2cc(CN(C)C(=O)[C@H]3Cc4ccccc4S3)ccc2c1. The summed E-state index contributed by atoms with van der Waals surface area (Å²) in [5.41, 5.74) is 2.42. The largest absolute Gasteiger partial charge is 0.497 e. The Hall–Kier alpha value is -2.46. The average Bonchev–Trinajstić information content (AvgIpc) is 3.11. The second-order valence-electron chi connectivity index (χ2n) is 6.66. The Morgan fingerprint density at radius 2 is 1.88 bits per heavy atom. The van der Waals surface area contributed by atoms with Gasteiger partial charge in [0.1, 0.15) is 5.75 Å². The predicted molar refractivity (Wildman–Crippen MR) is 107 cm³/mol. The average molecular weight is 363 g/mol. The molecule has 3 aromatic rings. The summed E-state index contributed by atoms with van der Waals surface area (Å²) in [6.07, 6.45) is 0.821. The van der Waals surface area contributed by atoms with Crippen molar-refractivity contribution >= 4 is 28.4 Å².